The lowest BCUT2D eigenvalue weighted by atomic mass is 10.0. The van der Waals surface area contributed by atoms with Crippen molar-refractivity contribution >= 4 is 0 Å². The standard InChI is InChI=1S/C8H12O/c1-6-5-9-8-4-2-3-7(6)8/h7-8H,1-5H2/t7-,8-/m0/s1. The molecule has 50 valence electrons. The van der Waals surface area contributed by atoms with Crippen molar-refractivity contribution in [3.63, 3.8) is 0 Å². The molecule has 1 aliphatic carbocycles. The van der Waals surface area contributed by atoms with Gasteiger partial charge in [-0.1, -0.05) is 13.0 Å². The van der Waals surface area contributed by atoms with Crippen molar-refractivity contribution < 1.29 is 4.74 Å². The Kier molecular flexibility index (Phi) is 1.12. The lowest BCUT2D eigenvalue weighted by Crippen LogP contribution is -2.06. The Balaban J connectivity index is 2.15. The van der Waals surface area contributed by atoms with Gasteiger partial charge in [0.15, 0.2) is 0 Å². The van der Waals surface area contributed by atoms with E-state index in [1.54, 1.807) is 0 Å². The molecule has 1 saturated heterocycles. The van der Waals surface area contributed by atoms with Crippen LogP contribution in [0.1, 0.15) is 19.3 Å². The van der Waals surface area contributed by atoms with Crippen molar-refractivity contribution in [1.82, 2.24) is 0 Å². The van der Waals surface area contributed by atoms with E-state index in [2.05, 4.69) is 6.58 Å². The minimum atomic E-state index is 0.553. The number of rotatable bonds is 0. The molecule has 0 aromatic heterocycles. The summed E-state index contributed by atoms with van der Waals surface area (Å²) in [7, 11) is 0. The molecule has 2 rings (SSSR count). The fourth-order valence-electron chi connectivity index (χ4n) is 1.91. The molecule has 0 bridgehead atoms. The van der Waals surface area contributed by atoms with Gasteiger partial charge in [-0.15, -0.1) is 0 Å². The zero-order valence-electron chi connectivity index (χ0n) is 5.60. The molecule has 2 fully saturated rings. The molecule has 0 spiro atoms. The molecule has 0 radical (unpaired) electrons. The van der Waals surface area contributed by atoms with E-state index in [4.69, 9.17) is 4.74 Å². The van der Waals surface area contributed by atoms with Crippen LogP contribution >= 0.6 is 0 Å². The normalized spacial score (nSPS) is 41.6. The second kappa shape index (κ2) is 1.84. The van der Waals surface area contributed by atoms with E-state index in [9.17, 15) is 0 Å². The highest BCUT2D eigenvalue weighted by Crippen LogP contribution is 2.37. The van der Waals surface area contributed by atoms with Crippen LogP contribution in [0.4, 0.5) is 0 Å². The van der Waals surface area contributed by atoms with Gasteiger partial charge in [0.2, 0.25) is 0 Å². The quantitative estimate of drug-likeness (QED) is 0.447. The largest absolute Gasteiger partial charge is 0.373 e. The highest BCUT2D eigenvalue weighted by atomic mass is 16.5. The second-order valence-electron chi connectivity index (χ2n) is 3.05. The zero-order chi connectivity index (χ0) is 6.27. The smallest absolute Gasteiger partial charge is 0.0681 e. The number of fused-ring (bicyclic) bond motifs is 1. The summed E-state index contributed by atoms with van der Waals surface area (Å²) in [5.74, 6) is 0.727. The van der Waals surface area contributed by atoms with Crippen LogP contribution in [-0.4, -0.2) is 12.7 Å². The van der Waals surface area contributed by atoms with Crippen LogP contribution in [0.2, 0.25) is 0 Å². The number of ether oxygens (including phenoxy) is 1. The molecule has 0 amide bonds. The summed E-state index contributed by atoms with van der Waals surface area (Å²) in [4.78, 5) is 0. The summed E-state index contributed by atoms with van der Waals surface area (Å²) in [5, 5.41) is 0. The molecule has 1 saturated carbocycles. The topological polar surface area (TPSA) is 9.23 Å². The third-order valence-electron chi connectivity index (χ3n) is 2.46. The van der Waals surface area contributed by atoms with Crippen LogP contribution in [0.5, 0.6) is 0 Å². The molecule has 1 aliphatic heterocycles. The molecule has 0 unspecified atom stereocenters. The van der Waals surface area contributed by atoms with Gasteiger partial charge in [0.25, 0.3) is 0 Å². The summed E-state index contributed by atoms with van der Waals surface area (Å²) in [6, 6.07) is 0. The van der Waals surface area contributed by atoms with Gasteiger partial charge in [-0.3, -0.25) is 0 Å². The molecule has 1 heterocycles. The predicted molar refractivity (Wildman–Crippen MR) is 36.2 cm³/mol. The average molecular weight is 124 g/mol. The molecule has 9 heavy (non-hydrogen) atoms. The van der Waals surface area contributed by atoms with Gasteiger partial charge in [-0.05, 0) is 18.4 Å². The first-order valence-electron chi connectivity index (χ1n) is 3.67. The third kappa shape index (κ3) is 0.715. The highest BCUT2D eigenvalue weighted by molar-refractivity contribution is 5.10. The van der Waals surface area contributed by atoms with Gasteiger partial charge in [-0.2, -0.15) is 0 Å². The van der Waals surface area contributed by atoms with Gasteiger partial charge in [0.1, 0.15) is 0 Å². The molecule has 1 heteroatoms. The van der Waals surface area contributed by atoms with E-state index >= 15 is 0 Å². The Morgan fingerprint density at radius 1 is 1.44 bits per heavy atom. The number of hydrogen-bond acceptors (Lipinski definition) is 1. The first-order valence-corrected chi connectivity index (χ1v) is 3.67. The lowest BCUT2D eigenvalue weighted by molar-refractivity contribution is 0.104. The summed E-state index contributed by atoms with van der Waals surface area (Å²) in [6.45, 7) is 4.80. The number of hydrogen-bond donors (Lipinski definition) is 0. The van der Waals surface area contributed by atoms with E-state index in [-0.39, 0.29) is 0 Å². The Bertz CT molecular complexity index is 140. The fourth-order valence-corrected chi connectivity index (χ4v) is 1.91. The molecule has 2 aliphatic rings. The van der Waals surface area contributed by atoms with Crippen molar-refractivity contribution in [1.29, 1.82) is 0 Å². The molecule has 2 atom stereocenters. The van der Waals surface area contributed by atoms with E-state index in [1.807, 2.05) is 0 Å². The molecule has 0 N–H and O–H groups in total. The summed E-state index contributed by atoms with van der Waals surface area (Å²) >= 11 is 0. The van der Waals surface area contributed by atoms with Crippen LogP contribution in [0.3, 0.4) is 0 Å². The van der Waals surface area contributed by atoms with E-state index in [0.29, 0.717) is 6.10 Å². The minimum Gasteiger partial charge on any atom is -0.373 e. The van der Waals surface area contributed by atoms with Crippen molar-refractivity contribution in [2.45, 2.75) is 25.4 Å². The van der Waals surface area contributed by atoms with Crippen LogP contribution in [0, 0.1) is 5.92 Å². The Labute approximate surface area is 55.7 Å². The van der Waals surface area contributed by atoms with Crippen LogP contribution < -0.4 is 0 Å². The van der Waals surface area contributed by atoms with E-state index < -0.39 is 0 Å². The minimum absolute atomic E-state index is 0.553. The van der Waals surface area contributed by atoms with Crippen molar-refractivity contribution in [2.24, 2.45) is 5.92 Å². The molecule has 0 aromatic rings. The fraction of sp³-hybridized carbons (Fsp3) is 0.750. The van der Waals surface area contributed by atoms with Crippen LogP contribution in [0.15, 0.2) is 12.2 Å². The Morgan fingerprint density at radius 2 is 2.33 bits per heavy atom. The van der Waals surface area contributed by atoms with Gasteiger partial charge in [0.05, 0.1) is 12.7 Å². The van der Waals surface area contributed by atoms with Crippen molar-refractivity contribution in [3.8, 4) is 0 Å². The van der Waals surface area contributed by atoms with Gasteiger partial charge in [-0.25, -0.2) is 0 Å². The van der Waals surface area contributed by atoms with Crippen molar-refractivity contribution in [3.05, 3.63) is 12.2 Å². The van der Waals surface area contributed by atoms with Gasteiger partial charge in [0, 0.05) is 5.92 Å². The Morgan fingerprint density at radius 3 is 3.11 bits per heavy atom. The molecule has 1 nitrogen and oxygen atoms in total. The van der Waals surface area contributed by atoms with Crippen molar-refractivity contribution in [2.75, 3.05) is 6.61 Å². The Hall–Kier alpha value is -0.300. The third-order valence-corrected chi connectivity index (χ3v) is 2.46. The summed E-state index contributed by atoms with van der Waals surface area (Å²) in [6.07, 6.45) is 4.49. The maximum atomic E-state index is 5.49. The SMILES string of the molecule is C=C1CO[C@H]2CCC[C@@H]12. The predicted octanol–water partition coefficient (Wildman–Crippen LogP) is 1.74. The molecular weight excluding hydrogens is 112 g/mol. The highest BCUT2D eigenvalue weighted by Gasteiger charge is 2.34. The van der Waals surface area contributed by atoms with Gasteiger partial charge < -0.3 is 4.74 Å². The maximum Gasteiger partial charge on any atom is 0.0681 e. The van der Waals surface area contributed by atoms with Crippen LogP contribution in [-0.2, 0) is 4.74 Å². The monoisotopic (exact) mass is 124 g/mol. The second-order valence-corrected chi connectivity index (χ2v) is 3.05. The van der Waals surface area contributed by atoms with Gasteiger partial charge >= 0.3 is 0 Å². The zero-order valence-corrected chi connectivity index (χ0v) is 5.60. The molecular formula is C8H12O. The molecule has 0 aromatic carbocycles. The van der Waals surface area contributed by atoms with E-state index in [0.717, 1.165) is 12.5 Å². The first kappa shape index (κ1) is 5.48. The summed E-state index contributed by atoms with van der Waals surface area (Å²) in [5.41, 5.74) is 1.33. The summed E-state index contributed by atoms with van der Waals surface area (Å²) < 4.78 is 5.49. The first-order chi connectivity index (χ1) is 4.38. The average Bonchev–Trinajstić information content (AvgIpc) is 2.35. The maximum absolute atomic E-state index is 5.49. The van der Waals surface area contributed by atoms with E-state index in [1.165, 1.54) is 24.8 Å². The lowest BCUT2D eigenvalue weighted by Gasteiger charge is -2.05. The van der Waals surface area contributed by atoms with Crippen LogP contribution in [0.25, 0.3) is 0 Å².